The molecule has 1 aliphatic rings. The number of unbranched alkanes of at least 4 members (excludes halogenated alkanes) is 1. The third-order valence-corrected chi connectivity index (χ3v) is 3.28. The van der Waals surface area contributed by atoms with Gasteiger partial charge in [-0.3, -0.25) is 14.5 Å². The van der Waals surface area contributed by atoms with Crippen molar-refractivity contribution in [1.82, 2.24) is 4.90 Å². The summed E-state index contributed by atoms with van der Waals surface area (Å²) < 4.78 is 5.44. The molecule has 1 atom stereocenters. The van der Waals surface area contributed by atoms with Crippen LogP contribution in [0.15, 0.2) is 43.0 Å². The molecule has 2 rings (SSSR count). The molecule has 1 aromatic carbocycles. The predicted molar refractivity (Wildman–Crippen MR) is 75.8 cm³/mol. The van der Waals surface area contributed by atoms with E-state index in [9.17, 15) is 9.59 Å². The van der Waals surface area contributed by atoms with Crippen molar-refractivity contribution in [2.75, 3.05) is 6.61 Å². The zero-order valence-electron chi connectivity index (χ0n) is 11.5. The zero-order valence-corrected chi connectivity index (χ0v) is 11.5. The summed E-state index contributed by atoms with van der Waals surface area (Å²) in [6.45, 7) is 3.62. The molecule has 1 unspecified atom stereocenters. The van der Waals surface area contributed by atoms with Crippen LogP contribution in [0.1, 0.15) is 24.8 Å². The van der Waals surface area contributed by atoms with E-state index in [1.807, 2.05) is 30.3 Å². The second-order valence-electron chi connectivity index (χ2n) is 4.79. The van der Waals surface area contributed by atoms with E-state index in [0.717, 1.165) is 12.0 Å². The first-order chi connectivity index (χ1) is 9.72. The molecule has 0 bridgehead atoms. The lowest BCUT2D eigenvalue weighted by Gasteiger charge is -2.21. The van der Waals surface area contributed by atoms with Gasteiger partial charge in [0.1, 0.15) is 12.8 Å². The summed E-state index contributed by atoms with van der Waals surface area (Å²) in [4.78, 5) is 25.2. The highest BCUT2D eigenvalue weighted by Gasteiger charge is 2.36. The Bertz CT molecular complexity index is 484. The molecule has 0 aliphatic carbocycles. The molecule has 1 fully saturated rings. The van der Waals surface area contributed by atoms with E-state index in [1.165, 1.54) is 4.90 Å². The quantitative estimate of drug-likeness (QED) is 0.590. The van der Waals surface area contributed by atoms with Crippen molar-refractivity contribution < 1.29 is 14.3 Å². The van der Waals surface area contributed by atoms with Crippen LogP contribution in [0.2, 0.25) is 0 Å². The molecule has 0 saturated carbocycles. The molecule has 1 aromatic rings. The third-order valence-electron chi connectivity index (χ3n) is 3.28. The van der Waals surface area contributed by atoms with Gasteiger partial charge in [-0.25, -0.2) is 0 Å². The number of rotatable bonds is 6. The first kappa shape index (κ1) is 14.5. The molecule has 1 aliphatic heterocycles. The average molecular weight is 273 g/mol. The van der Waals surface area contributed by atoms with Crippen LogP contribution in [0.3, 0.4) is 0 Å². The number of hydrogen-bond donors (Lipinski definition) is 0. The van der Waals surface area contributed by atoms with Crippen molar-refractivity contribution in [3.63, 3.8) is 0 Å². The van der Waals surface area contributed by atoms with Crippen LogP contribution in [0.25, 0.3) is 0 Å². The maximum absolute atomic E-state index is 12.1. The number of hydrogen-bond acceptors (Lipinski definition) is 3. The van der Waals surface area contributed by atoms with Gasteiger partial charge in [-0.2, -0.15) is 0 Å². The standard InChI is InChI=1S/C16H19NO3/c1-2-3-5-10-14(18)17-15(19)12-20-16(17)11-13-8-6-4-7-9-13/h2,4,6-9,16H,1,3,5,10-12H2. The van der Waals surface area contributed by atoms with E-state index in [1.54, 1.807) is 6.08 Å². The van der Waals surface area contributed by atoms with Gasteiger partial charge in [0.25, 0.3) is 5.91 Å². The van der Waals surface area contributed by atoms with Crippen molar-refractivity contribution in [3.8, 4) is 0 Å². The predicted octanol–water partition coefficient (Wildman–Crippen LogP) is 2.30. The lowest BCUT2D eigenvalue weighted by atomic mass is 10.1. The van der Waals surface area contributed by atoms with Crippen molar-refractivity contribution in [3.05, 3.63) is 48.6 Å². The van der Waals surface area contributed by atoms with Gasteiger partial charge in [0, 0.05) is 12.8 Å². The van der Waals surface area contributed by atoms with Crippen molar-refractivity contribution >= 4 is 11.8 Å². The number of imide groups is 1. The summed E-state index contributed by atoms with van der Waals surface area (Å²) >= 11 is 0. The summed E-state index contributed by atoms with van der Waals surface area (Å²) in [5.41, 5.74) is 1.05. The van der Waals surface area contributed by atoms with E-state index in [2.05, 4.69) is 6.58 Å². The Morgan fingerprint density at radius 3 is 2.85 bits per heavy atom. The maximum atomic E-state index is 12.1. The SMILES string of the molecule is C=CCCCC(=O)N1C(=O)COC1Cc1ccccc1. The molecule has 106 valence electrons. The molecule has 4 heteroatoms. The first-order valence-corrected chi connectivity index (χ1v) is 6.83. The Balaban J connectivity index is 1.99. The lowest BCUT2D eigenvalue weighted by Crippen LogP contribution is -2.40. The Labute approximate surface area is 119 Å². The van der Waals surface area contributed by atoms with Crippen LogP contribution in [0, 0.1) is 0 Å². The number of benzene rings is 1. The number of nitrogens with zero attached hydrogens (tertiary/aromatic N) is 1. The molecular weight excluding hydrogens is 254 g/mol. The van der Waals surface area contributed by atoms with Crippen molar-refractivity contribution in [2.45, 2.75) is 31.9 Å². The number of ether oxygens (including phenoxy) is 1. The number of carbonyl (C=O) groups excluding carboxylic acids is 2. The number of allylic oxidation sites excluding steroid dienone is 1. The van der Waals surface area contributed by atoms with Gasteiger partial charge in [0.05, 0.1) is 0 Å². The van der Waals surface area contributed by atoms with Crippen molar-refractivity contribution in [2.24, 2.45) is 0 Å². The van der Waals surface area contributed by atoms with Crippen LogP contribution in [0.4, 0.5) is 0 Å². The minimum absolute atomic E-state index is 0.00923. The van der Waals surface area contributed by atoms with Gasteiger partial charge in [-0.05, 0) is 18.4 Å². The van der Waals surface area contributed by atoms with Crippen LogP contribution in [0.5, 0.6) is 0 Å². The van der Waals surface area contributed by atoms with Crippen LogP contribution >= 0.6 is 0 Å². The largest absolute Gasteiger partial charge is 0.348 e. The Morgan fingerprint density at radius 1 is 1.40 bits per heavy atom. The molecule has 4 nitrogen and oxygen atoms in total. The fraction of sp³-hybridized carbons (Fsp3) is 0.375. The second-order valence-corrected chi connectivity index (χ2v) is 4.79. The van der Waals surface area contributed by atoms with E-state index in [0.29, 0.717) is 19.3 Å². The monoisotopic (exact) mass is 273 g/mol. The second kappa shape index (κ2) is 7.01. The molecule has 1 heterocycles. The normalized spacial score (nSPS) is 18.3. The van der Waals surface area contributed by atoms with Crippen LogP contribution in [-0.4, -0.2) is 29.5 Å². The topological polar surface area (TPSA) is 46.6 Å². The molecule has 0 spiro atoms. The lowest BCUT2D eigenvalue weighted by molar-refractivity contribution is -0.145. The summed E-state index contributed by atoms with van der Waals surface area (Å²) in [6.07, 6.45) is 3.69. The Kier molecular flexibility index (Phi) is 5.07. The Hall–Kier alpha value is -1.94. The molecule has 1 saturated heterocycles. The van der Waals surface area contributed by atoms with Crippen LogP contribution in [-0.2, 0) is 20.7 Å². The summed E-state index contributed by atoms with van der Waals surface area (Å²) in [5.74, 6) is -0.398. The molecule has 2 amide bonds. The van der Waals surface area contributed by atoms with Gasteiger partial charge in [-0.15, -0.1) is 6.58 Å². The van der Waals surface area contributed by atoms with E-state index >= 15 is 0 Å². The smallest absolute Gasteiger partial charge is 0.257 e. The fourth-order valence-corrected chi connectivity index (χ4v) is 2.26. The highest BCUT2D eigenvalue weighted by atomic mass is 16.5. The highest BCUT2D eigenvalue weighted by molar-refractivity contribution is 5.97. The minimum atomic E-state index is -0.471. The number of carbonyl (C=O) groups is 2. The fourth-order valence-electron chi connectivity index (χ4n) is 2.26. The number of amides is 2. The van der Waals surface area contributed by atoms with E-state index in [-0.39, 0.29) is 18.4 Å². The van der Waals surface area contributed by atoms with Gasteiger partial charge < -0.3 is 4.74 Å². The van der Waals surface area contributed by atoms with Gasteiger partial charge >= 0.3 is 0 Å². The minimum Gasteiger partial charge on any atom is -0.348 e. The maximum Gasteiger partial charge on any atom is 0.257 e. The summed E-state index contributed by atoms with van der Waals surface area (Å²) in [7, 11) is 0. The zero-order chi connectivity index (χ0) is 14.4. The van der Waals surface area contributed by atoms with Gasteiger partial charge in [0.15, 0.2) is 0 Å². The van der Waals surface area contributed by atoms with Crippen molar-refractivity contribution in [1.29, 1.82) is 0 Å². The van der Waals surface area contributed by atoms with E-state index in [4.69, 9.17) is 4.74 Å². The van der Waals surface area contributed by atoms with Gasteiger partial charge in [0.2, 0.25) is 5.91 Å². The molecule has 0 aromatic heterocycles. The van der Waals surface area contributed by atoms with Gasteiger partial charge in [-0.1, -0.05) is 36.4 Å². The molecule has 20 heavy (non-hydrogen) atoms. The molecule has 0 N–H and O–H groups in total. The third kappa shape index (κ3) is 3.54. The van der Waals surface area contributed by atoms with E-state index < -0.39 is 6.23 Å². The Morgan fingerprint density at radius 2 is 2.15 bits per heavy atom. The summed E-state index contributed by atoms with van der Waals surface area (Å²) in [5, 5.41) is 0. The first-order valence-electron chi connectivity index (χ1n) is 6.83. The van der Waals surface area contributed by atoms with Crippen LogP contribution < -0.4 is 0 Å². The highest BCUT2D eigenvalue weighted by Crippen LogP contribution is 2.18. The molecular formula is C16H19NO3. The molecule has 0 radical (unpaired) electrons. The summed E-state index contributed by atoms with van der Waals surface area (Å²) in [6, 6.07) is 9.73. The average Bonchev–Trinajstić information content (AvgIpc) is 2.81.